The van der Waals surface area contributed by atoms with Crippen LogP contribution >= 0.6 is 0 Å². The molecular weight excluding hydrogens is 756 g/mol. The van der Waals surface area contributed by atoms with Crippen LogP contribution < -0.4 is 0 Å². The van der Waals surface area contributed by atoms with E-state index in [0.717, 1.165) is 12.8 Å². The van der Waals surface area contributed by atoms with Gasteiger partial charge in [0.25, 0.3) is 0 Å². The van der Waals surface area contributed by atoms with Gasteiger partial charge in [0.2, 0.25) is 0 Å². The Bertz CT molecular complexity index is 1530. The van der Waals surface area contributed by atoms with Gasteiger partial charge in [0.15, 0.2) is 24.7 Å². The number of ketones is 1. The molecule has 0 bridgehead atoms. The van der Waals surface area contributed by atoms with Crippen LogP contribution in [0.1, 0.15) is 113 Å². The minimum Gasteiger partial charge on any atom is -0.462 e. The summed E-state index contributed by atoms with van der Waals surface area (Å²) in [7, 11) is 3.18. The van der Waals surface area contributed by atoms with Gasteiger partial charge in [-0.15, -0.1) is 0 Å². The first kappa shape index (κ1) is 44.5. The Kier molecular flexibility index (Phi) is 12.7. The lowest BCUT2D eigenvalue weighted by Gasteiger charge is -2.63. The van der Waals surface area contributed by atoms with Crippen LogP contribution in [0.5, 0.6) is 0 Å². The van der Waals surface area contributed by atoms with Gasteiger partial charge in [-0.3, -0.25) is 9.59 Å². The molecule has 7 aliphatic rings. The van der Waals surface area contributed by atoms with Gasteiger partial charge in [0, 0.05) is 40.4 Å². The fourth-order valence-corrected chi connectivity index (χ4v) is 12.3. The first-order valence-electron chi connectivity index (χ1n) is 21.5. The normalized spacial score (nSPS) is 51.8. The van der Waals surface area contributed by atoms with Crippen LogP contribution in [0.4, 0.5) is 0 Å². The fraction of sp³-hybridized carbons (Fsp3) is 0.907. The molecule has 15 nitrogen and oxygen atoms in total. The molecule has 3 heterocycles. The second-order valence-electron chi connectivity index (χ2n) is 18.8. The van der Waals surface area contributed by atoms with Gasteiger partial charge in [0.05, 0.1) is 53.7 Å². The summed E-state index contributed by atoms with van der Waals surface area (Å²) in [6.45, 7) is 12.2. The number of aliphatic hydroxyl groups is 4. The maximum Gasteiger partial charge on any atom is 0.302 e. The highest BCUT2D eigenvalue weighted by Crippen LogP contribution is 2.69. The Balaban J connectivity index is 0.965. The van der Waals surface area contributed by atoms with E-state index in [2.05, 4.69) is 13.0 Å². The zero-order valence-electron chi connectivity index (χ0n) is 35.7. The third-order valence-electron chi connectivity index (χ3n) is 15.8. The summed E-state index contributed by atoms with van der Waals surface area (Å²) in [6.07, 6.45) is -1.16. The smallest absolute Gasteiger partial charge is 0.302 e. The summed E-state index contributed by atoms with van der Waals surface area (Å²) in [5.41, 5.74) is -3.58. The van der Waals surface area contributed by atoms with Gasteiger partial charge in [-0.2, -0.15) is 0 Å². The molecule has 15 heteroatoms. The van der Waals surface area contributed by atoms with E-state index in [0.29, 0.717) is 32.1 Å². The molecule has 6 fully saturated rings. The van der Waals surface area contributed by atoms with Crippen molar-refractivity contribution in [2.24, 2.45) is 22.7 Å². The number of rotatable bonds is 10. The third-order valence-corrected chi connectivity index (χ3v) is 15.8. The van der Waals surface area contributed by atoms with Crippen molar-refractivity contribution in [2.75, 3.05) is 14.2 Å². The van der Waals surface area contributed by atoms with Crippen LogP contribution in [0.2, 0.25) is 0 Å². The van der Waals surface area contributed by atoms with Crippen molar-refractivity contribution in [1.82, 2.24) is 0 Å². The lowest BCUT2D eigenvalue weighted by Crippen LogP contribution is -2.71. The summed E-state index contributed by atoms with van der Waals surface area (Å²) >= 11 is 0. The van der Waals surface area contributed by atoms with Crippen molar-refractivity contribution in [3.63, 3.8) is 0 Å². The maximum atomic E-state index is 13.0. The molecule has 4 N–H and O–H groups in total. The largest absolute Gasteiger partial charge is 0.462 e. The zero-order chi connectivity index (χ0) is 42.1. The number of carbonyl (C=O) groups excluding carboxylic acids is 2. The monoisotopic (exact) mass is 824 g/mol. The Labute approximate surface area is 342 Å². The van der Waals surface area contributed by atoms with Gasteiger partial charge in [-0.05, 0) is 89.9 Å². The van der Waals surface area contributed by atoms with Gasteiger partial charge in [0.1, 0.15) is 30.0 Å². The molecule has 0 amide bonds. The van der Waals surface area contributed by atoms with E-state index in [1.54, 1.807) is 21.0 Å². The van der Waals surface area contributed by atoms with Crippen LogP contribution in [0.3, 0.4) is 0 Å². The number of hydrogen-bond donors (Lipinski definition) is 4. The maximum absolute atomic E-state index is 13.0. The number of allylic oxidation sites excluding steroid dienone is 1. The van der Waals surface area contributed by atoms with Crippen molar-refractivity contribution in [3.05, 3.63) is 11.6 Å². The Morgan fingerprint density at radius 1 is 0.759 bits per heavy atom. The van der Waals surface area contributed by atoms with E-state index in [9.17, 15) is 30.0 Å². The van der Waals surface area contributed by atoms with E-state index in [-0.39, 0.29) is 48.7 Å². The minimum atomic E-state index is -1.80. The number of aliphatic hydroxyl groups excluding tert-OH is 2. The molecule has 20 unspecified atom stereocenters. The van der Waals surface area contributed by atoms with Crippen molar-refractivity contribution < 1.29 is 72.6 Å². The number of ether oxygens (including phenoxy) is 9. The average molecular weight is 825 g/mol. The molecule has 3 saturated heterocycles. The van der Waals surface area contributed by atoms with E-state index in [4.69, 9.17) is 42.6 Å². The Morgan fingerprint density at radius 2 is 1.36 bits per heavy atom. The second-order valence-corrected chi connectivity index (χ2v) is 18.8. The summed E-state index contributed by atoms with van der Waals surface area (Å²) in [5.74, 6) is -1.15. The molecule has 330 valence electrons. The van der Waals surface area contributed by atoms with E-state index in [1.807, 2.05) is 13.8 Å². The molecule has 0 spiro atoms. The molecule has 3 saturated carbocycles. The molecule has 0 aromatic heterocycles. The van der Waals surface area contributed by atoms with Crippen molar-refractivity contribution in [3.8, 4) is 0 Å². The van der Waals surface area contributed by atoms with Crippen molar-refractivity contribution in [2.45, 2.75) is 210 Å². The fourth-order valence-electron chi connectivity index (χ4n) is 12.3. The average Bonchev–Trinajstić information content (AvgIpc) is 3.39. The zero-order valence-corrected chi connectivity index (χ0v) is 35.7. The van der Waals surface area contributed by atoms with Crippen LogP contribution in [0.15, 0.2) is 11.6 Å². The van der Waals surface area contributed by atoms with E-state index >= 15 is 0 Å². The summed E-state index contributed by atoms with van der Waals surface area (Å²) in [5, 5.41) is 45.9. The second kappa shape index (κ2) is 16.6. The van der Waals surface area contributed by atoms with Crippen molar-refractivity contribution >= 4 is 11.8 Å². The molecular formula is C43H68O15. The van der Waals surface area contributed by atoms with E-state index in [1.165, 1.54) is 26.5 Å². The van der Waals surface area contributed by atoms with Crippen molar-refractivity contribution in [1.29, 1.82) is 0 Å². The highest BCUT2D eigenvalue weighted by molar-refractivity contribution is 5.87. The quantitative estimate of drug-likeness (QED) is 0.185. The summed E-state index contributed by atoms with van der Waals surface area (Å²) in [4.78, 5) is 25.4. The number of esters is 1. The predicted octanol–water partition coefficient (Wildman–Crippen LogP) is 3.24. The number of hydrogen-bond acceptors (Lipinski definition) is 15. The molecule has 20 atom stereocenters. The van der Waals surface area contributed by atoms with Crippen LogP contribution in [0, 0.1) is 22.7 Å². The molecule has 0 aromatic carbocycles. The number of carbonyl (C=O) groups is 2. The molecule has 3 aliphatic heterocycles. The molecule has 4 aliphatic carbocycles. The summed E-state index contributed by atoms with van der Waals surface area (Å²) in [6, 6.07) is 0. The standard InChI is InChI=1S/C43H68O15/c1-21-37(47)31(50-8)19-36(52-21)57-38-22(2)53-34(18-30(38)46)58-39-23(3)54-35(20-32(39)51-9)56-27-12-13-40(6)26(16-27)10-11-28-29(40)17-33(55-25(5)45)41(7)42(48,24(4)44)14-15-43(28,41)49/h10,21-23,27-39,46-49H,11-20H2,1-9H3. The van der Waals surface area contributed by atoms with Gasteiger partial charge < -0.3 is 63.1 Å². The van der Waals surface area contributed by atoms with Crippen LogP contribution in [-0.2, 0) is 52.2 Å². The topological polar surface area (TPSA) is 198 Å². The number of methoxy groups -OCH3 is 2. The lowest BCUT2D eigenvalue weighted by atomic mass is 9.44. The highest BCUT2D eigenvalue weighted by Gasteiger charge is 2.76. The lowest BCUT2D eigenvalue weighted by molar-refractivity contribution is -0.337. The van der Waals surface area contributed by atoms with Crippen LogP contribution in [-0.4, -0.2) is 144 Å². The number of Topliss-reactive ketones (excluding diaryl/α,β-unsaturated/α-hetero) is 1. The third kappa shape index (κ3) is 7.44. The first-order valence-corrected chi connectivity index (χ1v) is 21.5. The summed E-state index contributed by atoms with van der Waals surface area (Å²) < 4.78 is 55.1. The van der Waals surface area contributed by atoms with Gasteiger partial charge >= 0.3 is 5.97 Å². The van der Waals surface area contributed by atoms with Crippen LogP contribution in [0.25, 0.3) is 0 Å². The van der Waals surface area contributed by atoms with E-state index < -0.39 is 102 Å². The number of fused-ring (bicyclic) bond motifs is 5. The molecule has 0 radical (unpaired) electrons. The minimum absolute atomic E-state index is 0.0293. The van der Waals surface area contributed by atoms with Gasteiger partial charge in [-0.1, -0.05) is 25.5 Å². The van der Waals surface area contributed by atoms with Gasteiger partial charge in [-0.25, -0.2) is 0 Å². The Morgan fingerprint density at radius 3 is 2.00 bits per heavy atom. The first-order chi connectivity index (χ1) is 27.3. The predicted molar refractivity (Wildman–Crippen MR) is 205 cm³/mol. The Hall–Kier alpha value is -1.60. The molecule has 0 aromatic rings. The molecule has 7 rings (SSSR count). The molecule has 58 heavy (non-hydrogen) atoms. The SMILES string of the molecule is COC1CC(OC2C(O)CC(OC3C(C)OC(OC4CCC5(C)C(=CCC6C5CC(OC(C)=O)C5(C)C(O)(C(C)=O)CCC65O)C4)CC3OC)OC2C)OC(C)C1O. The highest BCUT2D eigenvalue weighted by atomic mass is 16.7.